The van der Waals surface area contributed by atoms with Crippen LogP contribution in [0.3, 0.4) is 0 Å². The number of nitrogens with one attached hydrogen (secondary N) is 3. The minimum Gasteiger partial charge on any atom is -0.467 e. The van der Waals surface area contributed by atoms with Crippen molar-refractivity contribution in [1.29, 1.82) is 0 Å². The molecule has 182 valence electrons. The first-order valence-electron chi connectivity index (χ1n) is 11.5. The highest BCUT2D eigenvalue weighted by atomic mass is 16.5. The summed E-state index contributed by atoms with van der Waals surface area (Å²) in [5.41, 5.74) is 5.15. The molecule has 1 unspecified atom stereocenters. The molecule has 1 aliphatic carbocycles. The largest absolute Gasteiger partial charge is 0.467 e. The summed E-state index contributed by atoms with van der Waals surface area (Å²) in [6.45, 7) is 3.60. The third-order valence-corrected chi connectivity index (χ3v) is 5.94. The number of hydrogen-bond acceptors (Lipinski definition) is 6. The maximum Gasteiger partial charge on any atom is 0.328 e. The zero-order valence-electron chi connectivity index (χ0n) is 19.9. The molecular weight excluding hydrogens is 448 g/mol. The lowest BCUT2D eigenvalue weighted by Crippen LogP contribution is -2.44. The predicted molar refractivity (Wildman–Crippen MR) is 131 cm³/mol. The van der Waals surface area contributed by atoms with E-state index in [-0.39, 0.29) is 17.7 Å². The molecule has 0 saturated carbocycles. The molecule has 0 bridgehead atoms. The summed E-state index contributed by atoms with van der Waals surface area (Å²) in [6.07, 6.45) is 3.29. The maximum absolute atomic E-state index is 12.5. The number of amides is 3. The van der Waals surface area contributed by atoms with Gasteiger partial charge in [0.05, 0.1) is 7.11 Å². The van der Waals surface area contributed by atoms with Crippen molar-refractivity contribution in [1.82, 2.24) is 10.5 Å². The van der Waals surface area contributed by atoms with E-state index in [1.807, 2.05) is 12.1 Å². The fourth-order valence-corrected chi connectivity index (χ4v) is 4.02. The van der Waals surface area contributed by atoms with Crippen LogP contribution in [-0.2, 0) is 22.4 Å². The van der Waals surface area contributed by atoms with Crippen LogP contribution >= 0.6 is 0 Å². The van der Waals surface area contributed by atoms with Crippen molar-refractivity contribution in [3.05, 3.63) is 65.4 Å². The highest BCUT2D eigenvalue weighted by Crippen LogP contribution is 2.25. The number of rotatable bonds is 7. The molecule has 2 aromatic carbocycles. The van der Waals surface area contributed by atoms with Crippen LogP contribution in [0.5, 0.6) is 0 Å². The van der Waals surface area contributed by atoms with Crippen molar-refractivity contribution in [2.24, 2.45) is 5.92 Å². The van der Waals surface area contributed by atoms with Crippen LogP contribution in [-0.4, -0.2) is 36.2 Å². The van der Waals surface area contributed by atoms with Crippen molar-refractivity contribution in [2.75, 3.05) is 17.7 Å². The lowest BCUT2D eigenvalue weighted by molar-refractivity contribution is -0.144. The molecule has 1 heterocycles. The second-order valence-corrected chi connectivity index (χ2v) is 8.79. The standard InChI is InChI=1S/C26H28N4O5/c1-15(2)23(25(32)34-3)29-24(31)22-14-21(30-35-22)17-8-10-19(11-9-17)27-26(33)28-20-12-7-16-5-4-6-18(16)13-20/h7-15,23H,4-6H2,1-3H3,(H,29,31)(H2,27,28,33). The third-order valence-electron chi connectivity index (χ3n) is 5.94. The Labute approximate surface area is 203 Å². The van der Waals surface area contributed by atoms with Gasteiger partial charge in [-0.05, 0) is 60.6 Å². The number of carbonyl (C=O) groups is 3. The number of anilines is 2. The van der Waals surface area contributed by atoms with E-state index in [0.717, 1.165) is 24.9 Å². The van der Waals surface area contributed by atoms with E-state index in [4.69, 9.17) is 9.26 Å². The number of carbonyl (C=O) groups excluding carboxylic acids is 3. The van der Waals surface area contributed by atoms with Crippen LogP contribution in [0.4, 0.5) is 16.2 Å². The third kappa shape index (κ3) is 5.68. The quantitative estimate of drug-likeness (QED) is 0.435. The molecular formula is C26H28N4O5. The average molecular weight is 477 g/mol. The van der Waals surface area contributed by atoms with Gasteiger partial charge in [-0.15, -0.1) is 0 Å². The van der Waals surface area contributed by atoms with Gasteiger partial charge in [0.15, 0.2) is 0 Å². The second kappa shape index (κ2) is 10.4. The second-order valence-electron chi connectivity index (χ2n) is 8.79. The number of urea groups is 1. The summed E-state index contributed by atoms with van der Waals surface area (Å²) in [5.74, 6) is -1.27. The van der Waals surface area contributed by atoms with Gasteiger partial charge in [0.25, 0.3) is 5.91 Å². The van der Waals surface area contributed by atoms with Crippen LogP contribution in [0, 0.1) is 5.92 Å². The number of ether oxygens (including phenoxy) is 1. The number of aryl methyl sites for hydroxylation is 2. The van der Waals surface area contributed by atoms with Gasteiger partial charge >= 0.3 is 12.0 Å². The minimum absolute atomic E-state index is 0.0227. The average Bonchev–Trinajstić information content (AvgIpc) is 3.52. The molecule has 0 spiro atoms. The first-order valence-corrected chi connectivity index (χ1v) is 11.5. The van der Waals surface area contributed by atoms with Crippen LogP contribution in [0.2, 0.25) is 0 Å². The van der Waals surface area contributed by atoms with Gasteiger partial charge in [-0.2, -0.15) is 0 Å². The molecule has 3 N–H and O–H groups in total. The molecule has 0 fully saturated rings. The Kier molecular flexibility index (Phi) is 7.14. The van der Waals surface area contributed by atoms with Gasteiger partial charge in [0, 0.05) is 23.0 Å². The molecule has 1 aromatic heterocycles. The first-order chi connectivity index (χ1) is 16.8. The summed E-state index contributed by atoms with van der Waals surface area (Å²) < 4.78 is 9.91. The topological polar surface area (TPSA) is 123 Å². The van der Waals surface area contributed by atoms with E-state index >= 15 is 0 Å². The molecule has 1 aliphatic rings. The predicted octanol–water partition coefficient (Wildman–Crippen LogP) is 4.40. The Balaban J connectivity index is 1.36. The number of esters is 1. The Morgan fingerprint density at radius 3 is 2.34 bits per heavy atom. The fourth-order valence-electron chi connectivity index (χ4n) is 4.02. The maximum atomic E-state index is 12.5. The molecule has 0 radical (unpaired) electrons. The van der Waals surface area contributed by atoms with E-state index < -0.39 is 17.9 Å². The van der Waals surface area contributed by atoms with E-state index in [1.165, 1.54) is 24.3 Å². The molecule has 3 amide bonds. The fraction of sp³-hybridized carbons (Fsp3) is 0.308. The van der Waals surface area contributed by atoms with E-state index in [0.29, 0.717) is 16.9 Å². The summed E-state index contributed by atoms with van der Waals surface area (Å²) in [5, 5.41) is 12.2. The Hall–Kier alpha value is -4.14. The van der Waals surface area contributed by atoms with Crippen molar-refractivity contribution < 1.29 is 23.6 Å². The molecule has 0 saturated heterocycles. The summed E-state index contributed by atoms with van der Waals surface area (Å²) in [7, 11) is 1.27. The zero-order valence-corrected chi connectivity index (χ0v) is 19.9. The van der Waals surface area contributed by atoms with Crippen LogP contribution in [0.25, 0.3) is 11.3 Å². The number of nitrogens with zero attached hydrogens (tertiary/aromatic N) is 1. The van der Waals surface area contributed by atoms with Crippen LogP contribution < -0.4 is 16.0 Å². The number of aromatic nitrogens is 1. The monoisotopic (exact) mass is 476 g/mol. The summed E-state index contributed by atoms with van der Waals surface area (Å²) in [4.78, 5) is 36.8. The van der Waals surface area contributed by atoms with Crippen molar-refractivity contribution in [3.63, 3.8) is 0 Å². The van der Waals surface area contributed by atoms with Crippen LogP contribution in [0.15, 0.2) is 53.1 Å². The van der Waals surface area contributed by atoms with Crippen LogP contribution in [0.1, 0.15) is 41.9 Å². The van der Waals surface area contributed by atoms with E-state index in [9.17, 15) is 14.4 Å². The lowest BCUT2D eigenvalue weighted by Gasteiger charge is -2.18. The highest BCUT2D eigenvalue weighted by Gasteiger charge is 2.27. The lowest BCUT2D eigenvalue weighted by atomic mass is 10.0. The Morgan fingerprint density at radius 2 is 1.63 bits per heavy atom. The van der Waals surface area contributed by atoms with Gasteiger partial charge in [-0.25, -0.2) is 9.59 Å². The van der Waals surface area contributed by atoms with Gasteiger partial charge in [-0.3, -0.25) is 4.79 Å². The number of benzene rings is 2. The summed E-state index contributed by atoms with van der Waals surface area (Å²) >= 11 is 0. The number of fused-ring (bicyclic) bond motifs is 1. The molecule has 0 aliphatic heterocycles. The molecule has 9 nitrogen and oxygen atoms in total. The van der Waals surface area contributed by atoms with Gasteiger partial charge in [-0.1, -0.05) is 37.2 Å². The van der Waals surface area contributed by atoms with Gasteiger partial charge in [0.1, 0.15) is 11.7 Å². The van der Waals surface area contributed by atoms with Crippen molar-refractivity contribution in [2.45, 2.75) is 39.2 Å². The zero-order chi connectivity index (χ0) is 24.9. The SMILES string of the molecule is COC(=O)C(NC(=O)c1cc(-c2ccc(NC(=O)Nc3ccc4c(c3)CCC4)cc2)no1)C(C)C. The van der Waals surface area contributed by atoms with Gasteiger partial charge < -0.3 is 25.2 Å². The van der Waals surface area contributed by atoms with Gasteiger partial charge in [0.2, 0.25) is 5.76 Å². The molecule has 35 heavy (non-hydrogen) atoms. The summed E-state index contributed by atoms with van der Waals surface area (Å²) in [6, 6.07) is 13.4. The number of hydrogen-bond donors (Lipinski definition) is 3. The molecule has 4 rings (SSSR count). The van der Waals surface area contributed by atoms with Crippen molar-refractivity contribution in [3.8, 4) is 11.3 Å². The van der Waals surface area contributed by atoms with Crippen molar-refractivity contribution >= 4 is 29.3 Å². The molecule has 1 atom stereocenters. The molecule has 9 heteroatoms. The first kappa shape index (κ1) is 24.0. The Morgan fingerprint density at radius 1 is 0.943 bits per heavy atom. The minimum atomic E-state index is -0.797. The normalized spacial score (nSPS) is 13.1. The highest BCUT2D eigenvalue weighted by molar-refractivity contribution is 6.00. The molecule has 3 aromatic rings. The number of methoxy groups -OCH3 is 1. The van der Waals surface area contributed by atoms with E-state index in [1.54, 1.807) is 38.1 Å². The van der Waals surface area contributed by atoms with E-state index in [2.05, 4.69) is 27.2 Å². The smallest absolute Gasteiger partial charge is 0.328 e. The Bertz CT molecular complexity index is 1230.